The first-order valence-corrected chi connectivity index (χ1v) is 9.36. The van der Waals surface area contributed by atoms with Crippen LogP contribution in [0.5, 0.6) is 5.75 Å². The second-order valence-electron chi connectivity index (χ2n) is 6.90. The topological polar surface area (TPSA) is 70.7 Å². The summed E-state index contributed by atoms with van der Waals surface area (Å²) in [6, 6.07) is 11.2. The number of benzene rings is 2. The van der Waals surface area contributed by atoms with Crippen LogP contribution in [0, 0.1) is 20.8 Å². The summed E-state index contributed by atoms with van der Waals surface area (Å²) in [6.07, 6.45) is 0. The Balaban J connectivity index is 1.92. The number of nitrogens with one attached hydrogen (secondary N) is 2. The molecule has 0 aromatic heterocycles. The van der Waals surface area contributed by atoms with E-state index in [1.807, 2.05) is 39.8 Å². The van der Waals surface area contributed by atoms with Crippen LogP contribution in [0.2, 0.25) is 0 Å². The van der Waals surface area contributed by atoms with Crippen LogP contribution in [-0.4, -0.2) is 43.5 Å². The van der Waals surface area contributed by atoms with Crippen molar-refractivity contribution in [1.29, 1.82) is 0 Å². The van der Waals surface area contributed by atoms with E-state index in [0.29, 0.717) is 12.2 Å². The van der Waals surface area contributed by atoms with E-state index in [9.17, 15) is 9.59 Å². The number of carbonyl (C=O) groups is 2. The monoisotopic (exact) mass is 383 g/mol. The molecule has 0 heterocycles. The minimum atomic E-state index is -0.164. The Kier molecular flexibility index (Phi) is 7.58. The number of methoxy groups -OCH3 is 1. The normalized spacial score (nSPS) is 10.6. The highest BCUT2D eigenvalue weighted by Crippen LogP contribution is 2.21. The summed E-state index contributed by atoms with van der Waals surface area (Å²) >= 11 is 0. The Morgan fingerprint density at radius 1 is 0.929 bits per heavy atom. The molecule has 2 aromatic carbocycles. The Labute approximate surface area is 166 Å². The van der Waals surface area contributed by atoms with Gasteiger partial charge in [-0.05, 0) is 62.7 Å². The number of carbonyl (C=O) groups excluding carboxylic acids is 2. The molecule has 2 aromatic rings. The van der Waals surface area contributed by atoms with Gasteiger partial charge < -0.3 is 15.4 Å². The zero-order chi connectivity index (χ0) is 20.7. The third-order valence-corrected chi connectivity index (χ3v) is 4.50. The van der Waals surface area contributed by atoms with Crippen molar-refractivity contribution in [2.45, 2.75) is 27.7 Å². The van der Waals surface area contributed by atoms with Crippen molar-refractivity contribution >= 4 is 23.2 Å². The molecule has 0 aliphatic rings. The first kappa shape index (κ1) is 21.4. The van der Waals surface area contributed by atoms with Gasteiger partial charge in [0.15, 0.2) is 0 Å². The lowest BCUT2D eigenvalue weighted by Crippen LogP contribution is -2.38. The lowest BCUT2D eigenvalue weighted by molar-refractivity contribution is -0.119. The van der Waals surface area contributed by atoms with Crippen LogP contribution in [0.1, 0.15) is 23.6 Å². The van der Waals surface area contributed by atoms with Crippen LogP contribution >= 0.6 is 0 Å². The van der Waals surface area contributed by atoms with Gasteiger partial charge in [0, 0.05) is 11.4 Å². The first-order chi connectivity index (χ1) is 13.3. The molecule has 28 heavy (non-hydrogen) atoms. The van der Waals surface area contributed by atoms with Crippen LogP contribution in [0.4, 0.5) is 11.4 Å². The zero-order valence-electron chi connectivity index (χ0n) is 17.3. The third-order valence-electron chi connectivity index (χ3n) is 4.50. The van der Waals surface area contributed by atoms with Gasteiger partial charge in [-0.25, -0.2) is 0 Å². The molecular formula is C22H29N3O3. The van der Waals surface area contributed by atoms with E-state index in [1.54, 1.807) is 36.3 Å². The summed E-state index contributed by atoms with van der Waals surface area (Å²) in [5.41, 5.74) is 4.77. The number of ether oxygens (including phenoxy) is 1. The fourth-order valence-electron chi connectivity index (χ4n) is 3.12. The molecule has 0 aliphatic carbocycles. The molecule has 0 saturated carbocycles. The van der Waals surface area contributed by atoms with Gasteiger partial charge in [-0.2, -0.15) is 0 Å². The Hall–Kier alpha value is -2.86. The Bertz CT molecular complexity index is 808. The lowest BCUT2D eigenvalue weighted by atomic mass is 10.1. The highest BCUT2D eigenvalue weighted by atomic mass is 16.5. The molecule has 0 unspecified atom stereocenters. The van der Waals surface area contributed by atoms with Gasteiger partial charge in [0.25, 0.3) is 0 Å². The van der Waals surface area contributed by atoms with Crippen molar-refractivity contribution < 1.29 is 14.3 Å². The number of rotatable bonds is 8. The van der Waals surface area contributed by atoms with Crippen molar-refractivity contribution in [2.24, 2.45) is 0 Å². The molecule has 2 amide bonds. The predicted octanol–water partition coefficient (Wildman–Crippen LogP) is 3.52. The minimum Gasteiger partial charge on any atom is -0.497 e. The maximum absolute atomic E-state index is 12.5. The zero-order valence-corrected chi connectivity index (χ0v) is 17.3. The van der Waals surface area contributed by atoms with Crippen molar-refractivity contribution in [1.82, 2.24) is 4.90 Å². The fourth-order valence-corrected chi connectivity index (χ4v) is 3.12. The lowest BCUT2D eigenvalue weighted by Gasteiger charge is -2.20. The van der Waals surface area contributed by atoms with E-state index in [0.717, 1.165) is 22.6 Å². The number of likely N-dealkylation sites (N-methyl/N-ethyl adjacent to an activating group) is 1. The molecule has 0 atom stereocenters. The standard InChI is InChI=1S/C22H29N3O3/c1-6-25(13-20(26)23-18-7-9-19(28-5)10-8-18)14-21(27)24-22-16(3)11-15(2)12-17(22)4/h7-12H,6,13-14H2,1-5H3,(H,23,26)(H,24,27). The summed E-state index contributed by atoms with van der Waals surface area (Å²) in [6.45, 7) is 8.81. The van der Waals surface area contributed by atoms with Gasteiger partial charge >= 0.3 is 0 Å². The second kappa shape index (κ2) is 9.90. The van der Waals surface area contributed by atoms with Gasteiger partial charge in [0.05, 0.1) is 20.2 Å². The van der Waals surface area contributed by atoms with Crippen LogP contribution in [-0.2, 0) is 9.59 Å². The molecule has 0 fully saturated rings. The molecule has 2 rings (SSSR count). The summed E-state index contributed by atoms with van der Waals surface area (Å²) in [5.74, 6) is 0.434. The van der Waals surface area contributed by atoms with Crippen LogP contribution in [0.3, 0.4) is 0 Å². The van der Waals surface area contributed by atoms with E-state index in [1.165, 1.54) is 5.56 Å². The number of hydrogen-bond acceptors (Lipinski definition) is 4. The maximum Gasteiger partial charge on any atom is 0.238 e. The summed E-state index contributed by atoms with van der Waals surface area (Å²) in [5, 5.41) is 5.82. The molecule has 2 N–H and O–H groups in total. The minimum absolute atomic E-state index is 0.130. The summed E-state index contributed by atoms with van der Waals surface area (Å²) < 4.78 is 5.11. The average molecular weight is 383 g/mol. The second-order valence-corrected chi connectivity index (χ2v) is 6.90. The number of amides is 2. The number of nitrogens with zero attached hydrogens (tertiary/aromatic N) is 1. The Morgan fingerprint density at radius 3 is 1.96 bits per heavy atom. The van der Waals surface area contributed by atoms with E-state index in [-0.39, 0.29) is 24.9 Å². The molecule has 6 nitrogen and oxygen atoms in total. The van der Waals surface area contributed by atoms with Crippen LogP contribution in [0.25, 0.3) is 0 Å². The largest absolute Gasteiger partial charge is 0.497 e. The number of anilines is 2. The van der Waals surface area contributed by atoms with E-state index < -0.39 is 0 Å². The molecule has 0 aliphatic heterocycles. The van der Waals surface area contributed by atoms with Gasteiger partial charge in [-0.1, -0.05) is 24.6 Å². The molecule has 0 radical (unpaired) electrons. The van der Waals surface area contributed by atoms with Gasteiger partial charge in [-0.15, -0.1) is 0 Å². The average Bonchev–Trinajstić information content (AvgIpc) is 2.64. The number of hydrogen-bond donors (Lipinski definition) is 2. The maximum atomic E-state index is 12.5. The van der Waals surface area contributed by atoms with Crippen molar-refractivity contribution in [3.8, 4) is 5.75 Å². The van der Waals surface area contributed by atoms with Gasteiger partial charge in [0.1, 0.15) is 5.75 Å². The first-order valence-electron chi connectivity index (χ1n) is 9.36. The molecular weight excluding hydrogens is 354 g/mol. The van der Waals surface area contributed by atoms with Crippen LogP contribution < -0.4 is 15.4 Å². The molecule has 150 valence electrons. The van der Waals surface area contributed by atoms with Crippen LogP contribution in [0.15, 0.2) is 36.4 Å². The highest BCUT2D eigenvalue weighted by molar-refractivity contribution is 5.95. The Morgan fingerprint density at radius 2 is 1.46 bits per heavy atom. The predicted molar refractivity (Wildman–Crippen MR) is 113 cm³/mol. The van der Waals surface area contributed by atoms with E-state index in [2.05, 4.69) is 10.6 Å². The number of aryl methyl sites for hydroxylation is 3. The molecule has 0 spiro atoms. The third kappa shape index (κ3) is 6.09. The van der Waals surface area contributed by atoms with Crippen molar-refractivity contribution in [2.75, 3.05) is 37.4 Å². The smallest absolute Gasteiger partial charge is 0.238 e. The van der Waals surface area contributed by atoms with Crippen molar-refractivity contribution in [3.05, 3.63) is 53.1 Å². The van der Waals surface area contributed by atoms with Gasteiger partial charge in [-0.3, -0.25) is 14.5 Å². The van der Waals surface area contributed by atoms with E-state index >= 15 is 0 Å². The molecule has 0 saturated heterocycles. The van der Waals surface area contributed by atoms with E-state index in [4.69, 9.17) is 4.74 Å². The quantitative estimate of drug-likeness (QED) is 0.732. The highest BCUT2D eigenvalue weighted by Gasteiger charge is 2.15. The SMILES string of the molecule is CCN(CC(=O)Nc1ccc(OC)cc1)CC(=O)Nc1c(C)cc(C)cc1C. The summed E-state index contributed by atoms with van der Waals surface area (Å²) in [7, 11) is 1.59. The van der Waals surface area contributed by atoms with Gasteiger partial charge in [0.2, 0.25) is 11.8 Å². The fraction of sp³-hybridized carbons (Fsp3) is 0.364. The molecule has 6 heteroatoms. The van der Waals surface area contributed by atoms with Crippen molar-refractivity contribution in [3.63, 3.8) is 0 Å². The summed E-state index contributed by atoms with van der Waals surface area (Å²) in [4.78, 5) is 26.6. The molecule has 0 bridgehead atoms.